The molecular formula is C24H35N5O3. The van der Waals surface area contributed by atoms with Gasteiger partial charge in [0, 0.05) is 37.7 Å². The Bertz CT molecular complexity index is 904. The van der Waals surface area contributed by atoms with Crippen LogP contribution in [0.5, 0.6) is 0 Å². The van der Waals surface area contributed by atoms with Crippen molar-refractivity contribution in [3.8, 4) is 0 Å². The van der Waals surface area contributed by atoms with Crippen LogP contribution in [0.4, 0.5) is 5.69 Å². The minimum Gasteiger partial charge on any atom is -0.362 e. The SMILES string of the molecule is CCN1CCC[C@@H]1CNC(=O)[C@@H](C)N1CC[C@]2(CCC1=O)NC(=O)c1ccc(C)cc1N2. The van der Waals surface area contributed by atoms with E-state index in [1.807, 2.05) is 25.1 Å². The van der Waals surface area contributed by atoms with E-state index in [9.17, 15) is 14.4 Å². The maximum Gasteiger partial charge on any atom is 0.255 e. The highest BCUT2D eigenvalue weighted by atomic mass is 16.2. The molecule has 32 heavy (non-hydrogen) atoms. The largest absolute Gasteiger partial charge is 0.362 e. The minimum absolute atomic E-state index is 0.0494. The van der Waals surface area contributed by atoms with Gasteiger partial charge in [0.05, 0.1) is 5.56 Å². The van der Waals surface area contributed by atoms with Crippen molar-refractivity contribution in [3.63, 3.8) is 0 Å². The fraction of sp³-hybridized carbons (Fsp3) is 0.625. The van der Waals surface area contributed by atoms with Crippen molar-refractivity contribution >= 4 is 23.4 Å². The molecule has 4 rings (SSSR count). The van der Waals surface area contributed by atoms with Crippen molar-refractivity contribution in [1.29, 1.82) is 0 Å². The van der Waals surface area contributed by atoms with Crippen LogP contribution in [0.25, 0.3) is 0 Å². The third-order valence-corrected chi connectivity index (χ3v) is 7.28. The average molecular weight is 442 g/mol. The zero-order chi connectivity index (χ0) is 22.9. The first-order chi connectivity index (χ1) is 15.3. The number of carbonyl (C=O) groups excluding carboxylic acids is 3. The normalized spacial score (nSPS) is 26.8. The number of fused-ring (bicyclic) bond motifs is 1. The molecule has 174 valence electrons. The Balaban J connectivity index is 1.40. The predicted octanol–water partition coefficient (Wildman–Crippen LogP) is 1.85. The summed E-state index contributed by atoms with van der Waals surface area (Å²) in [5.74, 6) is -0.284. The second kappa shape index (κ2) is 9.10. The Hall–Kier alpha value is -2.61. The third kappa shape index (κ3) is 4.46. The number of aryl methyl sites for hydroxylation is 1. The number of nitrogens with zero attached hydrogens (tertiary/aromatic N) is 2. The van der Waals surface area contributed by atoms with Gasteiger partial charge in [-0.25, -0.2) is 0 Å². The highest BCUT2D eigenvalue weighted by molar-refractivity contribution is 6.02. The zero-order valence-corrected chi connectivity index (χ0v) is 19.4. The van der Waals surface area contributed by atoms with E-state index in [-0.39, 0.29) is 24.1 Å². The van der Waals surface area contributed by atoms with Crippen molar-refractivity contribution < 1.29 is 14.4 Å². The van der Waals surface area contributed by atoms with Crippen LogP contribution in [0.1, 0.15) is 61.9 Å². The molecule has 3 heterocycles. The summed E-state index contributed by atoms with van der Waals surface area (Å²) in [6, 6.07) is 5.55. The fourth-order valence-electron chi connectivity index (χ4n) is 5.27. The average Bonchev–Trinajstić information content (AvgIpc) is 3.17. The van der Waals surface area contributed by atoms with Crippen LogP contribution in [0, 0.1) is 6.92 Å². The fourth-order valence-corrected chi connectivity index (χ4v) is 5.27. The second-order valence-electron chi connectivity index (χ2n) is 9.39. The van der Waals surface area contributed by atoms with Crippen molar-refractivity contribution in [1.82, 2.24) is 20.4 Å². The molecule has 0 aromatic heterocycles. The topological polar surface area (TPSA) is 93.8 Å². The Labute approximate surface area is 190 Å². The molecule has 3 N–H and O–H groups in total. The van der Waals surface area contributed by atoms with Gasteiger partial charge in [0.25, 0.3) is 5.91 Å². The number of likely N-dealkylation sites (N-methyl/N-ethyl adjacent to an activating group) is 1. The van der Waals surface area contributed by atoms with E-state index in [0.29, 0.717) is 37.5 Å². The van der Waals surface area contributed by atoms with Crippen LogP contribution in [-0.4, -0.2) is 71.4 Å². The van der Waals surface area contributed by atoms with E-state index < -0.39 is 11.7 Å². The Morgan fingerprint density at radius 3 is 2.84 bits per heavy atom. The molecule has 0 unspecified atom stereocenters. The molecule has 1 aromatic carbocycles. The molecule has 2 fully saturated rings. The van der Waals surface area contributed by atoms with Crippen LogP contribution < -0.4 is 16.0 Å². The van der Waals surface area contributed by atoms with Crippen molar-refractivity contribution in [2.45, 2.75) is 70.6 Å². The van der Waals surface area contributed by atoms with E-state index in [2.05, 4.69) is 27.8 Å². The van der Waals surface area contributed by atoms with Crippen LogP contribution in [-0.2, 0) is 9.59 Å². The van der Waals surface area contributed by atoms with Gasteiger partial charge in [-0.1, -0.05) is 13.0 Å². The summed E-state index contributed by atoms with van der Waals surface area (Å²) in [7, 11) is 0. The lowest BCUT2D eigenvalue weighted by Crippen LogP contribution is -2.58. The maximum absolute atomic E-state index is 12.9. The highest BCUT2D eigenvalue weighted by Crippen LogP contribution is 2.32. The Morgan fingerprint density at radius 1 is 1.25 bits per heavy atom. The standard InChI is InChI=1S/C24H35N5O3/c1-4-28-12-5-6-18(28)15-25-22(31)17(3)29-13-11-24(10-9-21(29)30)26-20-14-16(2)7-8-19(20)23(32)27-24/h7-8,14,17-18,26H,4-6,9-13,15H2,1-3H3,(H,25,31)(H,27,32)/t17-,18-,24+/m1/s1. The van der Waals surface area contributed by atoms with E-state index in [0.717, 1.165) is 37.2 Å². The lowest BCUT2D eigenvalue weighted by atomic mass is 9.94. The van der Waals surface area contributed by atoms with Gasteiger partial charge in [0.1, 0.15) is 11.7 Å². The number of rotatable bonds is 5. The van der Waals surface area contributed by atoms with Crippen LogP contribution in [0.3, 0.4) is 0 Å². The zero-order valence-electron chi connectivity index (χ0n) is 19.4. The molecule has 3 amide bonds. The van der Waals surface area contributed by atoms with Gasteiger partial charge in [-0.15, -0.1) is 0 Å². The minimum atomic E-state index is -0.677. The molecule has 1 aromatic rings. The molecule has 0 aliphatic carbocycles. The number of hydrogen-bond donors (Lipinski definition) is 3. The lowest BCUT2D eigenvalue weighted by molar-refractivity contribution is -0.139. The maximum atomic E-state index is 12.9. The van der Waals surface area contributed by atoms with Gasteiger partial charge in [0.2, 0.25) is 11.8 Å². The molecule has 3 aliphatic heterocycles. The molecule has 2 saturated heterocycles. The molecular weight excluding hydrogens is 406 g/mol. The van der Waals surface area contributed by atoms with E-state index in [1.165, 1.54) is 0 Å². The molecule has 1 spiro atoms. The van der Waals surface area contributed by atoms with E-state index in [1.54, 1.807) is 11.8 Å². The third-order valence-electron chi connectivity index (χ3n) is 7.28. The first-order valence-electron chi connectivity index (χ1n) is 11.8. The van der Waals surface area contributed by atoms with Gasteiger partial charge >= 0.3 is 0 Å². The van der Waals surface area contributed by atoms with Gasteiger partial charge in [0.15, 0.2) is 0 Å². The predicted molar refractivity (Wildman–Crippen MR) is 123 cm³/mol. The Kier molecular flexibility index (Phi) is 6.42. The van der Waals surface area contributed by atoms with E-state index in [4.69, 9.17) is 0 Å². The molecule has 8 heteroatoms. The van der Waals surface area contributed by atoms with Crippen LogP contribution in [0.15, 0.2) is 18.2 Å². The number of hydrogen-bond acceptors (Lipinski definition) is 5. The van der Waals surface area contributed by atoms with Crippen molar-refractivity contribution in [2.75, 3.05) is 31.5 Å². The van der Waals surface area contributed by atoms with Crippen LogP contribution >= 0.6 is 0 Å². The van der Waals surface area contributed by atoms with Crippen LogP contribution in [0.2, 0.25) is 0 Å². The summed E-state index contributed by atoms with van der Waals surface area (Å²) in [6.07, 6.45) is 3.57. The Morgan fingerprint density at radius 2 is 2.06 bits per heavy atom. The molecule has 0 bridgehead atoms. The number of likely N-dealkylation sites (tertiary alicyclic amines) is 2. The summed E-state index contributed by atoms with van der Waals surface area (Å²) in [5.41, 5.74) is 1.82. The quantitative estimate of drug-likeness (QED) is 0.648. The lowest BCUT2D eigenvalue weighted by Gasteiger charge is -2.40. The van der Waals surface area contributed by atoms with Gasteiger partial charge in [-0.3, -0.25) is 19.3 Å². The van der Waals surface area contributed by atoms with Gasteiger partial charge in [-0.2, -0.15) is 0 Å². The van der Waals surface area contributed by atoms with E-state index >= 15 is 0 Å². The molecule has 8 nitrogen and oxygen atoms in total. The summed E-state index contributed by atoms with van der Waals surface area (Å²) in [6.45, 7) is 9.04. The van der Waals surface area contributed by atoms with Gasteiger partial charge < -0.3 is 20.9 Å². The highest BCUT2D eigenvalue weighted by Gasteiger charge is 2.42. The summed E-state index contributed by atoms with van der Waals surface area (Å²) < 4.78 is 0. The first-order valence-corrected chi connectivity index (χ1v) is 11.8. The molecule has 3 atom stereocenters. The molecule has 0 radical (unpaired) electrons. The summed E-state index contributed by atoms with van der Waals surface area (Å²) in [5, 5.41) is 9.65. The second-order valence-corrected chi connectivity index (χ2v) is 9.39. The first kappa shape index (κ1) is 22.6. The molecule has 3 aliphatic rings. The van der Waals surface area contributed by atoms with Crippen molar-refractivity contribution in [3.05, 3.63) is 29.3 Å². The number of nitrogens with one attached hydrogen (secondary N) is 3. The number of benzene rings is 1. The summed E-state index contributed by atoms with van der Waals surface area (Å²) in [4.78, 5) is 42.6. The number of carbonyl (C=O) groups is 3. The molecule has 0 saturated carbocycles. The van der Waals surface area contributed by atoms with Gasteiger partial charge in [-0.05, 0) is 63.9 Å². The monoisotopic (exact) mass is 441 g/mol. The smallest absolute Gasteiger partial charge is 0.255 e. The number of anilines is 1. The number of amides is 3. The van der Waals surface area contributed by atoms with Crippen molar-refractivity contribution in [2.24, 2.45) is 0 Å². The summed E-state index contributed by atoms with van der Waals surface area (Å²) >= 11 is 0.